The molecular formula is C20H20N8O. The minimum atomic E-state index is -0.129. The van der Waals surface area contributed by atoms with Gasteiger partial charge in [-0.15, -0.1) is 0 Å². The number of fused-ring (bicyclic) bond motifs is 1. The molecule has 3 aromatic rings. The average molecular weight is 388 g/mol. The Kier molecular flexibility index (Phi) is 4.12. The van der Waals surface area contributed by atoms with Gasteiger partial charge in [0.25, 0.3) is 5.91 Å². The number of nitrogens with one attached hydrogen (secondary N) is 1. The van der Waals surface area contributed by atoms with E-state index in [4.69, 9.17) is 5.26 Å². The van der Waals surface area contributed by atoms with Gasteiger partial charge in [-0.3, -0.25) is 4.79 Å². The van der Waals surface area contributed by atoms with E-state index in [1.165, 1.54) is 0 Å². The number of amides is 1. The van der Waals surface area contributed by atoms with E-state index in [2.05, 4.69) is 30.3 Å². The maximum Gasteiger partial charge on any atom is 0.257 e. The van der Waals surface area contributed by atoms with Crippen molar-refractivity contribution in [2.45, 2.75) is 31.2 Å². The Bertz CT molecular complexity index is 1100. The van der Waals surface area contributed by atoms with Gasteiger partial charge in [0.15, 0.2) is 5.65 Å². The second-order valence-corrected chi connectivity index (χ2v) is 7.67. The summed E-state index contributed by atoms with van der Waals surface area (Å²) >= 11 is 0. The summed E-state index contributed by atoms with van der Waals surface area (Å²) in [4.78, 5) is 27.6. The van der Waals surface area contributed by atoms with Gasteiger partial charge >= 0.3 is 0 Å². The lowest BCUT2D eigenvalue weighted by molar-refractivity contribution is 0.0907. The molecule has 0 atom stereocenters. The maximum absolute atomic E-state index is 12.9. The standard InChI is InChI=1S/C20H20N8O/c21-12-16-22-8-2-17(25-16)27-10-3-14(4-11-27)20(5-6-20)26-19(29)15-13-24-28-9-1-7-23-18(15)28/h1-2,7-9,13-14H,3-6,10-11H2,(H,26,29). The van der Waals surface area contributed by atoms with E-state index < -0.39 is 0 Å². The Labute approximate surface area is 167 Å². The van der Waals surface area contributed by atoms with Crippen LogP contribution < -0.4 is 10.2 Å². The Hall–Kier alpha value is -3.54. The van der Waals surface area contributed by atoms with Crippen LogP contribution in [-0.2, 0) is 0 Å². The summed E-state index contributed by atoms with van der Waals surface area (Å²) in [6.07, 6.45) is 10.6. The molecule has 0 aromatic carbocycles. The van der Waals surface area contributed by atoms with Crippen molar-refractivity contribution in [1.82, 2.24) is 29.9 Å². The first-order valence-corrected chi connectivity index (χ1v) is 9.77. The van der Waals surface area contributed by atoms with Crippen LogP contribution in [0.3, 0.4) is 0 Å². The fraction of sp³-hybridized carbons (Fsp3) is 0.400. The summed E-state index contributed by atoms with van der Waals surface area (Å²) < 4.78 is 1.62. The third-order valence-electron chi connectivity index (χ3n) is 6.02. The number of hydrogen-bond acceptors (Lipinski definition) is 7. The van der Waals surface area contributed by atoms with Crippen molar-refractivity contribution in [1.29, 1.82) is 5.26 Å². The van der Waals surface area contributed by atoms with Crippen molar-refractivity contribution < 1.29 is 4.79 Å². The third kappa shape index (κ3) is 3.16. The molecule has 0 radical (unpaired) electrons. The van der Waals surface area contributed by atoms with E-state index in [-0.39, 0.29) is 17.3 Å². The monoisotopic (exact) mass is 388 g/mol. The van der Waals surface area contributed by atoms with Crippen molar-refractivity contribution >= 4 is 17.4 Å². The van der Waals surface area contributed by atoms with Crippen molar-refractivity contribution in [3.63, 3.8) is 0 Å². The van der Waals surface area contributed by atoms with Gasteiger partial charge in [-0.2, -0.15) is 10.4 Å². The minimum absolute atomic E-state index is 0.104. The molecule has 4 heterocycles. The van der Waals surface area contributed by atoms with Crippen LogP contribution in [0.25, 0.3) is 5.65 Å². The lowest BCUT2D eigenvalue weighted by atomic mass is 9.87. The lowest BCUT2D eigenvalue weighted by Gasteiger charge is -2.37. The fourth-order valence-corrected chi connectivity index (χ4v) is 4.29. The predicted molar refractivity (Wildman–Crippen MR) is 104 cm³/mol. The highest BCUT2D eigenvalue weighted by atomic mass is 16.2. The molecule has 29 heavy (non-hydrogen) atoms. The molecule has 1 aliphatic heterocycles. The average Bonchev–Trinajstić information content (AvgIpc) is 3.42. The molecule has 9 heteroatoms. The first-order valence-electron chi connectivity index (χ1n) is 9.77. The van der Waals surface area contributed by atoms with Crippen LogP contribution in [0.15, 0.2) is 36.9 Å². The van der Waals surface area contributed by atoms with Gasteiger partial charge in [-0.1, -0.05) is 0 Å². The van der Waals surface area contributed by atoms with E-state index >= 15 is 0 Å². The molecule has 3 aromatic heterocycles. The molecule has 9 nitrogen and oxygen atoms in total. The predicted octanol–water partition coefficient (Wildman–Crippen LogP) is 1.57. The highest BCUT2D eigenvalue weighted by molar-refractivity contribution is 6.00. The summed E-state index contributed by atoms with van der Waals surface area (Å²) in [7, 11) is 0. The number of rotatable bonds is 4. The smallest absolute Gasteiger partial charge is 0.257 e. The van der Waals surface area contributed by atoms with Gasteiger partial charge < -0.3 is 10.2 Å². The number of piperidine rings is 1. The SMILES string of the molecule is N#Cc1nccc(N2CCC(C3(NC(=O)c4cnn5cccnc45)CC3)CC2)n1. The van der Waals surface area contributed by atoms with Crippen LogP contribution in [0.4, 0.5) is 5.82 Å². The summed E-state index contributed by atoms with van der Waals surface area (Å²) in [5.74, 6) is 1.31. The van der Waals surface area contributed by atoms with Crippen LogP contribution in [0.5, 0.6) is 0 Å². The first-order chi connectivity index (χ1) is 14.2. The number of nitriles is 1. The number of aromatic nitrogens is 5. The van der Waals surface area contributed by atoms with E-state index in [1.807, 2.05) is 12.1 Å². The summed E-state index contributed by atoms with van der Waals surface area (Å²) in [6.45, 7) is 1.70. The normalized spacial score (nSPS) is 18.4. The van der Waals surface area contributed by atoms with Gasteiger partial charge in [-0.25, -0.2) is 19.5 Å². The second kappa shape index (κ2) is 6.81. The Morgan fingerprint density at radius 2 is 2.07 bits per heavy atom. The summed E-state index contributed by atoms with van der Waals surface area (Å²) in [6, 6.07) is 5.62. The van der Waals surface area contributed by atoms with Gasteiger partial charge in [0.1, 0.15) is 17.5 Å². The zero-order chi connectivity index (χ0) is 19.8. The van der Waals surface area contributed by atoms with Gasteiger partial charge in [0.2, 0.25) is 5.82 Å². The van der Waals surface area contributed by atoms with Gasteiger partial charge in [0, 0.05) is 37.2 Å². The van der Waals surface area contributed by atoms with E-state index in [9.17, 15) is 4.79 Å². The maximum atomic E-state index is 12.9. The molecule has 1 N–H and O–H groups in total. The van der Waals surface area contributed by atoms with Crippen LogP contribution in [0.1, 0.15) is 41.9 Å². The molecule has 5 rings (SSSR count). The quantitative estimate of drug-likeness (QED) is 0.722. The number of anilines is 1. The molecule has 2 fully saturated rings. The third-order valence-corrected chi connectivity index (χ3v) is 6.02. The van der Waals surface area contributed by atoms with Crippen LogP contribution in [0.2, 0.25) is 0 Å². The number of carbonyl (C=O) groups is 1. The second-order valence-electron chi connectivity index (χ2n) is 7.67. The van der Waals surface area contributed by atoms with Crippen LogP contribution in [-0.4, -0.2) is 49.1 Å². The van der Waals surface area contributed by atoms with Gasteiger partial charge in [0.05, 0.1) is 6.20 Å². The van der Waals surface area contributed by atoms with Crippen molar-refractivity contribution in [2.24, 2.45) is 5.92 Å². The van der Waals surface area contributed by atoms with Gasteiger partial charge in [-0.05, 0) is 43.7 Å². The molecule has 1 saturated carbocycles. The molecule has 1 aliphatic carbocycles. The topological polar surface area (TPSA) is 112 Å². The Morgan fingerprint density at radius 1 is 1.24 bits per heavy atom. The highest BCUT2D eigenvalue weighted by Crippen LogP contribution is 2.47. The number of hydrogen-bond donors (Lipinski definition) is 1. The minimum Gasteiger partial charge on any atom is -0.356 e. The molecule has 0 unspecified atom stereocenters. The summed E-state index contributed by atoms with van der Waals surface area (Å²) in [5, 5.41) is 16.5. The van der Waals surface area contributed by atoms with E-state index in [0.29, 0.717) is 17.1 Å². The molecular weight excluding hydrogens is 368 g/mol. The van der Waals surface area contributed by atoms with E-state index in [1.54, 1.807) is 35.4 Å². The van der Waals surface area contributed by atoms with E-state index in [0.717, 1.165) is 44.6 Å². The van der Waals surface area contributed by atoms with Crippen molar-refractivity contribution in [3.05, 3.63) is 48.3 Å². The lowest BCUT2D eigenvalue weighted by Crippen LogP contribution is -2.47. The van der Waals surface area contributed by atoms with Crippen molar-refractivity contribution in [3.8, 4) is 6.07 Å². The number of nitrogens with zero attached hydrogens (tertiary/aromatic N) is 7. The molecule has 146 valence electrons. The zero-order valence-electron chi connectivity index (χ0n) is 15.8. The Balaban J connectivity index is 1.26. The zero-order valence-corrected chi connectivity index (χ0v) is 15.8. The molecule has 0 spiro atoms. The molecule has 2 aliphatic rings. The first kappa shape index (κ1) is 17.6. The van der Waals surface area contributed by atoms with Crippen molar-refractivity contribution in [2.75, 3.05) is 18.0 Å². The molecule has 0 bridgehead atoms. The highest BCUT2D eigenvalue weighted by Gasteiger charge is 2.51. The summed E-state index contributed by atoms with van der Waals surface area (Å²) in [5.41, 5.74) is 0.961. The number of carbonyl (C=O) groups excluding carboxylic acids is 1. The fourth-order valence-electron chi connectivity index (χ4n) is 4.29. The Morgan fingerprint density at radius 3 is 2.83 bits per heavy atom. The molecule has 1 amide bonds. The van der Waals surface area contributed by atoms with Crippen LogP contribution in [0, 0.1) is 17.2 Å². The molecule has 1 saturated heterocycles. The largest absolute Gasteiger partial charge is 0.356 e. The van der Waals surface area contributed by atoms with Crippen LogP contribution >= 0.6 is 0 Å².